The molecular formula is C43H59F3O5. The SMILES string of the molecule is CO[C@@](C(=O)O[C@H]1C[C@H]2[C@@]3(C)CC[C@@H]4OC(C)(C)OC[C@]4(C)[C@@H]3CC[C@]2(C)/C1=C(C)/C=C/C=C(\C)CCC=C(C)C)(c1ccccc1)C(F)(F)F. The molecular weight excluding hydrogens is 653 g/mol. The van der Waals surface area contributed by atoms with Crippen molar-refractivity contribution in [2.24, 2.45) is 28.1 Å². The Kier molecular flexibility index (Phi) is 11.1. The second-order valence-electron chi connectivity index (χ2n) is 17.1. The Bertz CT molecular complexity index is 1570. The van der Waals surface area contributed by atoms with E-state index >= 15 is 13.2 Å². The topological polar surface area (TPSA) is 54.0 Å². The molecule has 3 saturated carbocycles. The third-order valence-corrected chi connectivity index (χ3v) is 13.0. The van der Waals surface area contributed by atoms with Crippen molar-refractivity contribution >= 4 is 5.97 Å². The van der Waals surface area contributed by atoms with Gasteiger partial charge >= 0.3 is 12.1 Å². The maximum Gasteiger partial charge on any atom is 0.432 e. The van der Waals surface area contributed by atoms with Gasteiger partial charge in [-0.3, -0.25) is 0 Å². The molecule has 8 heteroatoms. The number of benzene rings is 1. The molecule has 0 N–H and O–H groups in total. The molecule has 0 aromatic heterocycles. The first-order valence-electron chi connectivity index (χ1n) is 18.6. The number of carbonyl (C=O) groups excluding carboxylic acids is 1. The molecule has 3 aliphatic carbocycles. The number of halogens is 3. The van der Waals surface area contributed by atoms with Gasteiger partial charge in [-0.1, -0.05) is 86.6 Å². The van der Waals surface area contributed by atoms with Crippen LogP contribution in [0.15, 0.2) is 76.9 Å². The number of alkyl halides is 3. The van der Waals surface area contributed by atoms with Gasteiger partial charge in [-0.05, 0) is 120 Å². The van der Waals surface area contributed by atoms with E-state index in [1.807, 2.05) is 32.9 Å². The van der Waals surface area contributed by atoms with Crippen LogP contribution in [0.5, 0.6) is 0 Å². The highest BCUT2D eigenvalue weighted by Gasteiger charge is 2.69. The average molecular weight is 713 g/mol. The molecule has 5 rings (SSSR count). The second kappa shape index (κ2) is 14.3. The normalized spacial score (nSPS) is 35.7. The number of ether oxygens (including phenoxy) is 4. The number of allylic oxidation sites excluding steroid dienone is 7. The number of fused-ring (bicyclic) bond motifs is 5. The molecule has 0 bridgehead atoms. The van der Waals surface area contributed by atoms with Gasteiger partial charge in [0, 0.05) is 18.1 Å². The van der Waals surface area contributed by atoms with Crippen LogP contribution in [0.3, 0.4) is 0 Å². The van der Waals surface area contributed by atoms with E-state index in [1.165, 1.54) is 35.4 Å². The molecule has 8 atom stereocenters. The molecule has 1 saturated heterocycles. The summed E-state index contributed by atoms with van der Waals surface area (Å²) in [4.78, 5) is 14.1. The van der Waals surface area contributed by atoms with Gasteiger partial charge in [0.2, 0.25) is 0 Å². The Labute approximate surface area is 303 Å². The lowest BCUT2D eigenvalue weighted by molar-refractivity contribution is -0.347. The van der Waals surface area contributed by atoms with E-state index in [-0.39, 0.29) is 34.3 Å². The maximum atomic E-state index is 15.0. The lowest BCUT2D eigenvalue weighted by Crippen LogP contribution is -2.64. The summed E-state index contributed by atoms with van der Waals surface area (Å²) in [6, 6.07) is 7.09. The molecule has 0 spiro atoms. The van der Waals surface area contributed by atoms with Crippen molar-refractivity contribution in [1.29, 1.82) is 0 Å². The third kappa shape index (κ3) is 7.06. The van der Waals surface area contributed by atoms with Crippen LogP contribution >= 0.6 is 0 Å². The van der Waals surface area contributed by atoms with Gasteiger partial charge in [-0.15, -0.1) is 0 Å². The monoisotopic (exact) mass is 712 g/mol. The molecule has 0 unspecified atom stereocenters. The van der Waals surface area contributed by atoms with Gasteiger partial charge in [0.15, 0.2) is 5.79 Å². The van der Waals surface area contributed by atoms with Crippen molar-refractivity contribution in [3.63, 3.8) is 0 Å². The van der Waals surface area contributed by atoms with Crippen molar-refractivity contribution in [2.75, 3.05) is 13.7 Å². The first-order chi connectivity index (χ1) is 23.7. The lowest BCUT2D eigenvalue weighted by atomic mass is 9.42. The Morgan fingerprint density at radius 3 is 2.27 bits per heavy atom. The molecule has 4 aliphatic rings. The van der Waals surface area contributed by atoms with Crippen LogP contribution in [0, 0.1) is 28.1 Å². The summed E-state index contributed by atoms with van der Waals surface area (Å²) in [6.45, 7) is 19.7. The van der Waals surface area contributed by atoms with Crippen molar-refractivity contribution in [3.05, 3.63) is 82.5 Å². The molecule has 282 valence electrons. The van der Waals surface area contributed by atoms with Crippen molar-refractivity contribution < 1.29 is 36.9 Å². The summed E-state index contributed by atoms with van der Waals surface area (Å²) in [5.74, 6) is -1.74. The first-order valence-corrected chi connectivity index (χ1v) is 18.6. The van der Waals surface area contributed by atoms with E-state index in [0.717, 1.165) is 56.8 Å². The summed E-state index contributed by atoms with van der Waals surface area (Å²) < 4.78 is 69.3. The number of carbonyl (C=O) groups is 1. The van der Waals surface area contributed by atoms with E-state index in [4.69, 9.17) is 18.9 Å². The zero-order chi connectivity index (χ0) is 37.6. The predicted octanol–water partition coefficient (Wildman–Crippen LogP) is 11.0. The fraction of sp³-hybridized carbons (Fsp3) is 0.651. The van der Waals surface area contributed by atoms with Gasteiger partial charge in [-0.2, -0.15) is 13.2 Å². The van der Waals surface area contributed by atoms with Crippen molar-refractivity contribution in [1.82, 2.24) is 0 Å². The van der Waals surface area contributed by atoms with Gasteiger partial charge in [0.25, 0.3) is 5.60 Å². The summed E-state index contributed by atoms with van der Waals surface area (Å²) in [5, 5.41) is 0. The molecule has 4 fully saturated rings. The quantitative estimate of drug-likeness (QED) is 0.145. The first kappa shape index (κ1) is 39.5. The summed E-state index contributed by atoms with van der Waals surface area (Å²) in [7, 11) is 0.925. The van der Waals surface area contributed by atoms with E-state index in [1.54, 1.807) is 6.07 Å². The number of esters is 1. The maximum absolute atomic E-state index is 15.0. The van der Waals surface area contributed by atoms with Crippen LogP contribution in [0.2, 0.25) is 0 Å². The third-order valence-electron chi connectivity index (χ3n) is 13.0. The molecule has 1 aliphatic heterocycles. The molecule has 5 nitrogen and oxygen atoms in total. The predicted molar refractivity (Wildman–Crippen MR) is 195 cm³/mol. The second-order valence-corrected chi connectivity index (χ2v) is 17.1. The molecule has 0 radical (unpaired) electrons. The van der Waals surface area contributed by atoms with Crippen LogP contribution in [-0.2, 0) is 29.3 Å². The van der Waals surface area contributed by atoms with E-state index in [2.05, 4.69) is 53.7 Å². The van der Waals surface area contributed by atoms with Gasteiger partial charge in [-0.25, -0.2) is 4.79 Å². The molecule has 51 heavy (non-hydrogen) atoms. The Hall–Kier alpha value is -2.68. The van der Waals surface area contributed by atoms with E-state index < -0.39 is 35.1 Å². The van der Waals surface area contributed by atoms with Gasteiger partial charge in [0.05, 0.1) is 12.7 Å². The van der Waals surface area contributed by atoms with Crippen LogP contribution in [0.25, 0.3) is 0 Å². The summed E-state index contributed by atoms with van der Waals surface area (Å²) in [6.07, 6.45) is 8.40. The Balaban J connectivity index is 1.56. The average Bonchev–Trinajstić information content (AvgIpc) is 3.34. The molecule has 1 aromatic carbocycles. The molecule has 1 aromatic rings. The molecule has 1 heterocycles. The standard InChI is InChI=1S/C43H59F3O5/c1-28(2)16-14-17-29(3)18-15-19-30(4)36-32(50-37(47)42(48-10,43(44,45)46)31-20-12-11-13-21-31)26-34-39(7)25-23-35-41(9,27-49-38(5,6)51-35)33(39)22-24-40(34,36)8/h11-13,15-16,18-21,32-35H,14,17,22-27H2,1-10H3/b19-15+,29-18+,36-30+/t32-,33+,34-,35-,39-,40-,41+,42+/m0/s1. The summed E-state index contributed by atoms with van der Waals surface area (Å²) >= 11 is 0. The van der Waals surface area contributed by atoms with E-state index in [9.17, 15) is 4.79 Å². The Morgan fingerprint density at radius 2 is 1.65 bits per heavy atom. The minimum atomic E-state index is -5.05. The minimum absolute atomic E-state index is 0.0603. The summed E-state index contributed by atoms with van der Waals surface area (Å²) in [5.41, 5.74) is 0.0171. The van der Waals surface area contributed by atoms with Gasteiger partial charge in [0.1, 0.15) is 6.10 Å². The highest BCUT2D eigenvalue weighted by atomic mass is 19.4. The Morgan fingerprint density at radius 1 is 0.961 bits per heavy atom. The van der Waals surface area contributed by atoms with Crippen LogP contribution < -0.4 is 0 Å². The highest BCUT2D eigenvalue weighted by molar-refractivity contribution is 5.83. The fourth-order valence-electron chi connectivity index (χ4n) is 10.5. The highest BCUT2D eigenvalue weighted by Crippen LogP contribution is 2.71. The van der Waals surface area contributed by atoms with Crippen molar-refractivity contribution in [3.8, 4) is 0 Å². The van der Waals surface area contributed by atoms with Crippen LogP contribution in [0.4, 0.5) is 13.2 Å². The van der Waals surface area contributed by atoms with E-state index in [0.29, 0.717) is 13.0 Å². The van der Waals surface area contributed by atoms with Crippen LogP contribution in [0.1, 0.15) is 113 Å². The zero-order valence-corrected chi connectivity index (χ0v) is 32.3. The minimum Gasteiger partial charge on any atom is -0.455 e. The van der Waals surface area contributed by atoms with Crippen LogP contribution in [-0.4, -0.2) is 43.9 Å². The largest absolute Gasteiger partial charge is 0.455 e. The van der Waals surface area contributed by atoms with Gasteiger partial charge < -0.3 is 18.9 Å². The number of hydrogen-bond donors (Lipinski definition) is 0. The molecule has 0 amide bonds. The van der Waals surface area contributed by atoms with Crippen molar-refractivity contribution in [2.45, 2.75) is 137 Å². The number of methoxy groups -OCH3 is 1. The zero-order valence-electron chi connectivity index (χ0n) is 32.3. The fourth-order valence-corrected chi connectivity index (χ4v) is 10.5. The lowest BCUT2D eigenvalue weighted by Gasteiger charge is -2.65. The smallest absolute Gasteiger partial charge is 0.432 e. The number of hydrogen-bond acceptors (Lipinski definition) is 5. The number of rotatable bonds is 9.